The van der Waals surface area contributed by atoms with E-state index in [2.05, 4.69) is 26.1 Å². The van der Waals surface area contributed by atoms with E-state index < -0.39 is 5.60 Å². The molecular weight excluding hydrogens is 198 g/mol. The predicted octanol–water partition coefficient (Wildman–Crippen LogP) is 3.24. The summed E-state index contributed by atoms with van der Waals surface area (Å²) in [5.74, 6) is 0. The van der Waals surface area contributed by atoms with Gasteiger partial charge in [0, 0.05) is 12.1 Å². The normalized spacial score (nSPS) is 21.0. The maximum Gasteiger partial charge on any atom is 0.0771 e. The predicted molar refractivity (Wildman–Crippen MR) is 69.6 cm³/mol. The number of β-amino-alcohol motifs (C(OH)–C–C–N with tert-alkyl or cyclic N) is 1. The van der Waals surface area contributed by atoms with Crippen molar-refractivity contribution in [2.45, 2.75) is 83.3 Å². The third-order valence-electron chi connectivity index (χ3n) is 4.61. The number of aliphatic hydroxyl groups is 1. The summed E-state index contributed by atoms with van der Waals surface area (Å²) in [5, 5.41) is 14.1. The Balaban J connectivity index is 2.47. The molecule has 0 saturated heterocycles. The van der Waals surface area contributed by atoms with Crippen LogP contribution in [0.15, 0.2) is 0 Å². The Hall–Kier alpha value is -0.0800. The van der Waals surface area contributed by atoms with Gasteiger partial charge in [-0.15, -0.1) is 0 Å². The van der Waals surface area contributed by atoms with Gasteiger partial charge in [-0.05, 0) is 32.1 Å². The first-order valence-electron chi connectivity index (χ1n) is 7.07. The standard InChI is InChI=1S/C14H29NO/c1-4-13(5-2,6-3)15-12-14(16)10-8-7-9-11-14/h15-16H,4-12H2,1-3H3. The molecule has 0 radical (unpaired) electrons. The van der Waals surface area contributed by atoms with Gasteiger partial charge in [0.15, 0.2) is 0 Å². The lowest BCUT2D eigenvalue weighted by Crippen LogP contribution is -2.52. The minimum atomic E-state index is -0.428. The van der Waals surface area contributed by atoms with Crippen LogP contribution < -0.4 is 5.32 Å². The van der Waals surface area contributed by atoms with E-state index >= 15 is 0 Å². The van der Waals surface area contributed by atoms with E-state index in [1.54, 1.807) is 0 Å². The summed E-state index contributed by atoms with van der Waals surface area (Å²) in [6, 6.07) is 0. The Kier molecular flexibility index (Phi) is 5.26. The molecule has 1 saturated carbocycles. The summed E-state index contributed by atoms with van der Waals surface area (Å²) in [6.07, 6.45) is 9.08. The highest BCUT2D eigenvalue weighted by Crippen LogP contribution is 2.29. The van der Waals surface area contributed by atoms with E-state index in [9.17, 15) is 5.11 Å². The van der Waals surface area contributed by atoms with Gasteiger partial charge < -0.3 is 10.4 Å². The Morgan fingerprint density at radius 1 is 1.00 bits per heavy atom. The highest BCUT2D eigenvalue weighted by atomic mass is 16.3. The fourth-order valence-corrected chi connectivity index (χ4v) is 2.86. The van der Waals surface area contributed by atoms with Crippen LogP contribution in [-0.2, 0) is 0 Å². The Bertz CT molecular complexity index is 185. The van der Waals surface area contributed by atoms with Crippen molar-refractivity contribution in [2.24, 2.45) is 0 Å². The summed E-state index contributed by atoms with van der Waals surface area (Å²) in [7, 11) is 0. The molecule has 0 aromatic carbocycles. The fraction of sp³-hybridized carbons (Fsp3) is 1.00. The molecule has 0 unspecified atom stereocenters. The third kappa shape index (κ3) is 3.46. The molecule has 2 N–H and O–H groups in total. The van der Waals surface area contributed by atoms with Crippen molar-refractivity contribution in [1.29, 1.82) is 0 Å². The van der Waals surface area contributed by atoms with Gasteiger partial charge in [-0.25, -0.2) is 0 Å². The Labute approximate surface area is 101 Å². The zero-order valence-electron chi connectivity index (χ0n) is 11.3. The maximum absolute atomic E-state index is 10.5. The van der Waals surface area contributed by atoms with Crippen LogP contribution in [0.3, 0.4) is 0 Å². The molecular formula is C14H29NO. The zero-order chi connectivity index (χ0) is 12.1. The topological polar surface area (TPSA) is 32.3 Å². The maximum atomic E-state index is 10.5. The molecule has 0 heterocycles. The van der Waals surface area contributed by atoms with E-state index in [0.29, 0.717) is 0 Å². The lowest BCUT2D eigenvalue weighted by molar-refractivity contribution is -0.00315. The fourth-order valence-electron chi connectivity index (χ4n) is 2.86. The quantitative estimate of drug-likeness (QED) is 0.730. The molecule has 0 aliphatic heterocycles. The Morgan fingerprint density at radius 3 is 1.94 bits per heavy atom. The van der Waals surface area contributed by atoms with Crippen LogP contribution >= 0.6 is 0 Å². The number of hydrogen-bond acceptors (Lipinski definition) is 2. The van der Waals surface area contributed by atoms with Crippen molar-refractivity contribution in [3.63, 3.8) is 0 Å². The van der Waals surface area contributed by atoms with Crippen LogP contribution in [0.4, 0.5) is 0 Å². The highest BCUT2D eigenvalue weighted by Gasteiger charge is 2.32. The van der Waals surface area contributed by atoms with E-state index in [4.69, 9.17) is 0 Å². The minimum absolute atomic E-state index is 0.243. The second-order valence-corrected chi connectivity index (χ2v) is 5.48. The lowest BCUT2D eigenvalue weighted by Gasteiger charge is -2.39. The summed E-state index contributed by atoms with van der Waals surface area (Å²) >= 11 is 0. The van der Waals surface area contributed by atoms with Crippen molar-refractivity contribution >= 4 is 0 Å². The molecule has 0 aromatic heterocycles. The summed E-state index contributed by atoms with van der Waals surface area (Å²) < 4.78 is 0. The average Bonchev–Trinajstić information content (AvgIpc) is 2.33. The van der Waals surface area contributed by atoms with Crippen molar-refractivity contribution in [3.05, 3.63) is 0 Å². The molecule has 0 atom stereocenters. The minimum Gasteiger partial charge on any atom is -0.389 e. The van der Waals surface area contributed by atoms with Crippen LogP contribution in [-0.4, -0.2) is 22.8 Å². The molecule has 16 heavy (non-hydrogen) atoms. The first kappa shape index (κ1) is 14.0. The first-order chi connectivity index (χ1) is 7.60. The van der Waals surface area contributed by atoms with Crippen molar-refractivity contribution < 1.29 is 5.11 Å². The molecule has 1 aliphatic rings. The average molecular weight is 227 g/mol. The van der Waals surface area contributed by atoms with Crippen molar-refractivity contribution in [3.8, 4) is 0 Å². The van der Waals surface area contributed by atoms with E-state index in [1.165, 1.54) is 19.3 Å². The zero-order valence-corrected chi connectivity index (χ0v) is 11.3. The first-order valence-corrected chi connectivity index (χ1v) is 7.07. The number of hydrogen-bond donors (Lipinski definition) is 2. The van der Waals surface area contributed by atoms with Gasteiger partial charge in [0.1, 0.15) is 0 Å². The molecule has 2 nitrogen and oxygen atoms in total. The van der Waals surface area contributed by atoms with Crippen LogP contribution in [0, 0.1) is 0 Å². The number of nitrogens with one attached hydrogen (secondary N) is 1. The van der Waals surface area contributed by atoms with Gasteiger partial charge in [0.05, 0.1) is 5.60 Å². The third-order valence-corrected chi connectivity index (χ3v) is 4.61. The van der Waals surface area contributed by atoms with Gasteiger partial charge in [-0.1, -0.05) is 40.0 Å². The second kappa shape index (κ2) is 6.02. The van der Waals surface area contributed by atoms with Crippen LogP contribution in [0.2, 0.25) is 0 Å². The highest BCUT2D eigenvalue weighted by molar-refractivity contribution is 4.90. The SMILES string of the molecule is CCC(CC)(CC)NCC1(O)CCCCC1. The van der Waals surface area contributed by atoms with Crippen molar-refractivity contribution in [2.75, 3.05) is 6.54 Å². The number of rotatable bonds is 6. The van der Waals surface area contributed by atoms with Gasteiger partial charge in [0.2, 0.25) is 0 Å². The van der Waals surface area contributed by atoms with E-state index in [-0.39, 0.29) is 5.54 Å². The molecule has 96 valence electrons. The second-order valence-electron chi connectivity index (χ2n) is 5.48. The van der Waals surface area contributed by atoms with Gasteiger partial charge in [-0.3, -0.25) is 0 Å². The molecule has 0 amide bonds. The molecule has 1 fully saturated rings. The Morgan fingerprint density at radius 2 is 1.50 bits per heavy atom. The molecule has 1 rings (SSSR count). The van der Waals surface area contributed by atoms with Crippen LogP contribution in [0.1, 0.15) is 72.1 Å². The van der Waals surface area contributed by atoms with Crippen LogP contribution in [0.25, 0.3) is 0 Å². The van der Waals surface area contributed by atoms with Gasteiger partial charge in [0.25, 0.3) is 0 Å². The smallest absolute Gasteiger partial charge is 0.0771 e. The molecule has 0 bridgehead atoms. The summed E-state index contributed by atoms with van der Waals surface area (Å²) in [4.78, 5) is 0. The van der Waals surface area contributed by atoms with Crippen LogP contribution in [0.5, 0.6) is 0 Å². The van der Waals surface area contributed by atoms with E-state index in [1.807, 2.05) is 0 Å². The van der Waals surface area contributed by atoms with E-state index in [0.717, 1.165) is 38.6 Å². The van der Waals surface area contributed by atoms with Gasteiger partial charge in [-0.2, -0.15) is 0 Å². The molecule has 0 spiro atoms. The molecule has 1 aliphatic carbocycles. The summed E-state index contributed by atoms with van der Waals surface area (Å²) in [5.41, 5.74) is -0.184. The molecule has 0 aromatic rings. The summed E-state index contributed by atoms with van der Waals surface area (Å²) in [6.45, 7) is 7.50. The largest absolute Gasteiger partial charge is 0.389 e. The van der Waals surface area contributed by atoms with Gasteiger partial charge >= 0.3 is 0 Å². The monoisotopic (exact) mass is 227 g/mol. The molecule has 2 heteroatoms. The van der Waals surface area contributed by atoms with Crippen molar-refractivity contribution in [1.82, 2.24) is 5.32 Å². The lowest BCUT2D eigenvalue weighted by atomic mass is 9.83.